The van der Waals surface area contributed by atoms with Crippen LogP contribution in [0.1, 0.15) is 36.6 Å². The second-order valence-corrected chi connectivity index (χ2v) is 7.75. The first-order valence-electron chi connectivity index (χ1n) is 10.5. The number of esters is 1. The molecule has 0 saturated carbocycles. The second kappa shape index (κ2) is 8.90. The molecular weight excluding hydrogens is 459 g/mol. The van der Waals surface area contributed by atoms with E-state index in [0.717, 1.165) is 4.90 Å². The van der Waals surface area contributed by atoms with E-state index in [9.17, 15) is 23.6 Å². The minimum absolute atomic E-state index is 0.00600. The predicted octanol–water partition coefficient (Wildman–Crippen LogP) is 3.15. The van der Waals surface area contributed by atoms with Crippen LogP contribution >= 0.6 is 0 Å². The average Bonchev–Trinajstić information content (AvgIpc) is 3.42. The molecule has 9 nitrogen and oxygen atoms in total. The van der Waals surface area contributed by atoms with Crippen molar-refractivity contribution in [1.29, 1.82) is 0 Å². The van der Waals surface area contributed by atoms with E-state index in [0.29, 0.717) is 17.1 Å². The van der Waals surface area contributed by atoms with Gasteiger partial charge in [0, 0.05) is 0 Å². The Kier molecular flexibility index (Phi) is 5.61. The smallest absolute Gasteiger partial charge is 0.338 e. The quantitative estimate of drug-likeness (QED) is 0.430. The van der Waals surface area contributed by atoms with E-state index < -0.39 is 36.1 Å². The van der Waals surface area contributed by atoms with Gasteiger partial charge in [-0.05, 0) is 48.0 Å². The van der Waals surface area contributed by atoms with E-state index in [1.54, 1.807) is 24.3 Å². The Labute approximate surface area is 198 Å². The summed E-state index contributed by atoms with van der Waals surface area (Å²) in [6.07, 6.45) is 0. The first kappa shape index (κ1) is 22.1. The van der Waals surface area contributed by atoms with Crippen molar-refractivity contribution in [3.8, 4) is 11.5 Å². The van der Waals surface area contributed by atoms with E-state index in [1.165, 1.54) is 36.4 Å². The number of para-hydroxylation sites is 1. The number of nitrogens with zero attached hydrogens (tertiary/aromatic N) is 1. The third-order valence-corrected chi connectivity index (χ3v) is 5.47. The van der Waals surface area contributed by atoms with Crippen LogP contribution in [0.15, 0.2) is 60.7 Å². The summed E-state index contributed by atoms with van der Waals surface area (Å²) in [5.41, 5.74) is 0.834. The summed E-state index contributed by atoms with van der Waals surface area (Å²) in [5.74, 6) is -2.16. The number of carbonyl (C=O) groups excluding carboxylic acids is 4. The number of anilines is 1. The van der Waals surface area contributed by atoms with Gasteiger partial charge < -0.3 is 19.5 Å². The van der Waals surface area contributed by atoms with Crippen LogP contribution in [0.4, 0.5) is 10.1 Å². The van der Waals surface area contributed by atoms with Crippen LogP contribution in [0.5, 0.6) is 11.5 Å². The molecule has 0 bridgehead atoms. The van der Waals surface area contributed by atoms with Crippen molar-refractivity contribution in [1.82, 2.24) is 4.90 Å². The number of hydrogen-bond acceptors (Lipinski definition) is 7. The molecule has 0 aromatic heterocycles. The van der Waals surface area contributed by atoms with E-state index in [-0.39, 0.29) is 35.7 Å². The highest BCUT2D eigenvalue weighted by Crippen LogP contribution is 2.34. The molecule has 2 aliphatic rings. The molecule has 10 heteroatoms. The molecule has 0 fully saturated rings. The first-order valence-corrected chi connectivity index (χ1v) is 10.5. The Balaban J connectivity index is 1.24. The molecule has 3 aromatic carbocycles. The number of benzene rings is 3. The molecule has 0 unspecified atom stereocenters. The maximum absolute atomic E-state index is 13.6. The number of nitrogens with one attached hydrogen (secondary N) is 1. The number of amides is 3. The van der Waals surface area contributed by atoms with E-state index >= 15 is 0 Å². The lowest BCUT2D eigenvalue weighted by molar-refractivity contribution is -0.119. The summed E-state index contributed by atoms with van der Waals surface area (Å²) in [5, 5.41) is 2.30. The van der Waals surface area contributed by atoms with Crippen LogP contribution < -0.4 is 14.8 Å². The van der Waals surface area contributed by atoms with Gasteiger partial charge in [-0.2, -0.15) is 0 Å². The Morgan fingerprint density at radius 1 is 0.943 bits per heavy atom. The van der Waals surface area contributed by atoms with Gasteiger partial charge in [0.1, 0.15) is 5.82 Å². The van der Waals surface area contributed by atoms with Crippen molar-refractivity contribution in [2.45, 2.75) is 6.54 Å². The molecule has 5 rings (SSSR count). The molecular formula is C25H17FN2O7. The lowest BCUT2D eigenvalue weighted by Crippen LogP contribution is -2.29. The number of carbonyl (C=O) groups is 4. The largest absolute Gasteiger partial charge is 0.454 e. The Bertz CT molecular complexity index is 1390. The van der Waals surface area contributed by atoms with Crippen molar-refractivity contribution in [3.63, 3.8) is 0 Å². The molecule has 2 aliphatic heterocycles. The number of hydrogen-bond donors (Lipinski definition) is 1. The van der Waals surface area contributed by atoms with Crippen molar-refractivity contribution in [2.24, 2.45) is 0 Å². The second-order valence-electron chi connectivity index (χ2n) is 7.75. The van der Waals surface area contributed by atoms with Gasteiger partial charge in [-0.25, -0.2) is 9.18 Å². The summed E-state index contributed by atoms with van der Waals surface area (Å²) >= 11 is 0. The first-order chi connectivity index (χ1) is 16.9. The fraction of sp³-hybridized carbons (Fsp3) is 0.120. The van der Waals surface area contributed by atoms with Gasteiger partial charge in [0.05, 0.1) is 28.9 Å². The molecule has 35 heavy (non-hydrogen) atoms. The zero-order chi connectivity index (χ0) is 24.5. The van der Waals surface area contributed by atoms with Crippen LogP contribution in [0.2, 0.25) is 0 Å². The normalized spacial score (nSPS) is 13.6. The molecule has 176 valence electrons. The number of rotatable bonds is 6. The monoisotopic (exact) mass is 476 g/mol. The Morgan fingerprint density at radius 2 is 1.71 bits per heavy atom. The summed E-state index contributed by atoms with van der Waals surface area (Å²) < 4.78 is 29.2. The number of ether oxygens (including phenoxy) is 3. The van der Waals surface area contributed by atoms with E-state index in [2.05, 4.69) is 5.32 Å². The third-order valence-electron chi connectivity index (χ3n) is 5.47. The standard InChI is InChI=1S/C25H17FN2O7/c26-18-3-1-2-4-19(18)27-22(29)12-33-25(32)15-6-7-16-17(10-15)24(31)28(23(16)30)11-14-5-8-20-21(9-14)35-13-34-20/h1-10H,11-13H2,(H,27,29). The molecule has 3 aromatic rings. The predicted molar refractivity (Wildman–Crippen MR) is 119 cm³/mol. The summed E-state index contributed by atoms with van der Waals surface area (Å²) in [4.78, 5) is 51.2. The number of imide groups is 1. The molecule has 0 saturated heterocycles. The van der Waals surface area contributed by atoms with Crippen molar-refractivity contribution < 1.29 is 37.8 Å². The molecule has 0 radical (unpaired) electrons. The molecule has 0 spiro atoms. The van der Waals surface area contributed by atoms with Gasteiger partial charge in [-0.3, -0.25) is 19.3 Å². The fourth-order valence-electron chi connectivity index (χ4n) is 3.75. The molecule has 0 aliphatic carbocycles. The van der Waals surface area contributed by atoms with Crippen molar-refractivity contribution >= 4 is 29.4 Å². The highest BCUT2D eigenvalue weighted by molar-refractivity contribution is 6.21. The van der Waals surface area contributed by atoms with Gasteiger partial charge in [-0.1, -0.05) is 18.2 Å². The van der Waals surface area contributed by atoms with Crippen molar-refractivity contribution in [3.05, 3.63) is 88.7 Å². The zero-order valence-electron chi connectivity index (χ0n) is 18.1. The number of fused-ring (bicyclic) bond motifs is 2. The van der Waals surface area contributed by atoms with E-state index in [1.807, 2.05) is 0 Å². The molecule has 0 atom stereocenters. The zero-order valence-corrected chi connectivity index (χ0v) is 18.1. The molecule has 2 heterocycles. The van der Waals surface area contributed by atoms with Crippen LogP contribution in [-0.2, 0) is 16.1 Å². The molecule has 3 amide bonds. The minimum atomic E-state index is -0.869. The highest BCUT2D eigenvalue weighted by Gasteiger charge is 2.36. The maximum atomic E-state index is 13.6. The summed E-state index contributed by atoms with van der Waals surface area (Å²) in [6, 6.07) is 14.7. The maximum Gasteiger partial charge on any atom is 0.338 e. The summed E-state index contributed by atoms with van der Waals surface area (Å²) in [7, 11) is 0. The van der Waals surface area contributed by atoms with Crippen molar-refractivity contribution in [2.75, 3.05) is 18.7 Å². The van der Waals surface area contributed by atoms with Crippen LogP contribution in [-0.4, -0.2) is 42.0 Å². The SMILES string of the molecule is O=C(COC(=O)c1ccc2c(c1)C(=O)N(Cc1ccc3c(c1)OCO3)C2=O)Nc1ccccc1F. The average molecular weight is 476 g/mol. The molecule has 1 N–H and O–H groups in total. The highest BCUT2D eigenvalue weighted by atomic mass is 19.1. The van der Waals surface area contributed by atoms with Crippen LogP contribution in [0.25, 0.3) is 0 Å². The van der Waals surface area contributed by atoms with Gasteiger partial charge in [0.15, 0.2) is 18.1 Å². The van der Waals surface area contributed by atoms with Gasteiger partial charge in [-0.15, -0.1) is 0 Å². The van der Waals surface area contributed by atoms with Gasteiger partial charge in [0.2, 0.25) is 6.79 Å². The topological polar surface area (TPSA) is 111 Å². The Morgan fingerprint density at radius 3 is 2.54 bits per heavy atom. The number of halogens is 1. The fourth-order valence-corrected chi connectivity index (χ4v) is 3.75. The third kappa shape index (κ3) is 4.29. The summed E-state index contributed by atoms with van der Waals surface area (Å²) in [6.45, 7) is -0.540. The van der Waals surface area contributed by atoms with Gasteiger partial charge >= 0.3 is 5.97 Å². The minimum Gasteiger partial charge on any atom is -0.454 e. The van der Waals surface area contributed by atoms with Crippen LogP contribution in [0.3, 0.4) is 0 Å². The van der Waals surface area contributed by atoms with Crippen LogP contribution in [0, 0.1) is 5.82 Å². The van der Waals surface area contributed by atoms with Gasteiger partial charge in [0.25, 0.3) is 17.7 Å². The Hall–Kier alpha value is -4.73. The lowest BCUT2D eigenvalue weighted by atomic mass is 10.1. The lowest BCUT2D eigenvalue weighted by Gasteiger charge is -2.14. The van der Waals surface area contributed by atoms with E-state index in [4.69, 9.17) is 14.2 Å².